The second kappa shape index (κ2) is 6.93. The van der Waals surface area contributed by atoms with E-state index in [1.165, 1.54) is 23.1 Å². The van der Waals surface area contributed by atoms with Gasteiger partial charge in [-0.3, -0.25) is 9.48 Å². The molecule has 1 N–H and O–H groups in total. The van der Waals surface area contributed by atoms with E-state index in [0.717, 1.165) is 4.88 Å². The van der Waals surface area contributed by atoms with Gasteiger partial charge in [0.05, 0.1) is 11.4 Å². The molecule has 0 saturated heterocycles. The Morgan fingerprint density at radius 2 is 2.29 bits per heavy atom. The summed E-state index contributed by atoms with van der Waals surface area (Å²) in [6.45, 7) is 0.338. The fourth-order valence-corrected chi connectivity index (χ4v) is 3.00. The lowest BCUT2D eigenvalue weighted by atomic mass is 10.2. The first kappa shape index (κ1) is 15.8. The first-order valence-corrected chi connectivity index (χ1v) is 7.38. The van der Waals surface area contributed by atoms with Crippen LogP contribution in [0.15, 0.2) is 18.3 Å². The third-order valence-corrected chi connectivity index (χ3v) is 4.20. The van der Waals surface area contributed by atoms with Crippen molar-refractivity contribution in [1.82, 2.24) is 15.1 Å². The molecule has 0 aliphatic carbocycles. The standard InChI is InChI=1S/C13H16ClN3O3S/c1-17-7-8(13(16-17)20-3)12(18)15-6-9(19-2)10-4-5-11(14)21-10/h4-5,7,9H,6H2,1-3H3,(H,15,18). The van der Waals surface area contributed by atoms with Crippen molar-refractivity contribution in [2.24, 2.45) is 7.05 Å². The number of thiophene rings is 1. The molecule has 6 nitrogen and oxygen atoms in total. The van der Waals surface area contributed by atoms with E-state index in [-0.39, 0.29) is 12.0 Å². The number of hydrogen-bond donors (Lipinski definition) is 1. The van der Waals surface area contributed by atoms with Crippen LogP contribution in [0.1, 0.15) is 21.3 Å². The third-order valence-electron chi connectivity index (χ3n) is 2.88. The lowest BCUT2D eigenvalue weighted by molar-refractivity contribution is 0.0835. The van der Waals surface area contributed by atoms with Crippen molar-refractivity contribution in [2.45, 2.75) is 6.10 Å². The number of aromatic nitrogens is 2. The number of nitrogens with one attached hydrogen (secondary N) is 1. The molecule has 2 aromatic heterocycles. The molecule has 0 spiro atoms. The molecule has 0 fully saturated rings. The summed E-state index contributed by atoms with van der Waals surface area (Å²) in [7, 11) is 4.80. The Bertz CT molecular complexity index is 626. The van der Waals surface area contributed by atoms with Crippen molar-refractivity contribution in [3.8, 4) is 5.88 Å². The summed E-state index contributed by atoms with van der Waals surface area (Å²) in [6, 6.07) is 3.69. The average molecular weight is 330 g/mol. The van der Waals surface area contributed by atoms with E-state index in [4.69, 9.17) is 21.1 Å². The highest BCUT2D eigenvalue weighted by atomic mass is 35.5. The van der Waals surface area contributed by atoms with E-state index < -0.39 is 0 Å². The lowest BCUT2D eigenvalue weighted by Gasteiger charge is -2.14. The smallest absolute Gasteiger partial charge is 0.258 e. The van der Waals surface area contributed by atoms with Gasteiger partial charge in [-0.1, -0.05) is 11.6 Å². The number of nitrogens with zero attached hydrogens (tertiary/aromatic N) is 2. The van der Waals surface area contributed by atoms with Crippen LogP contribution in [0.25, 0.3) is 0 Å². The Kier molecular flexibility index (Phi) is 5.22. The van der Waals surface area contributed by atoms with Gasteiger partial charge < -0.3 is 14.8 Å². The van der Waals surface area contributed by atoms with Crippen molar-refractivity contribution < 1.29 is 14.3 Å². The molecule has 0 saturated carbocycles. The molecule has 0 aromatic carbocycles. The molecule has 2 rings (SSSR count). The largest absolute Gasteiger partial charge is 0.479 e. The normalized spacial score (nSPS) is 12.2. The van der Waals surface area contributed by atoms with E-state index in [0.29, 0.717) is 22.3 Å². The quantitative estimate of drug-likeness (QED) is 0.883. The van der Waals surface area contributed by atoms with Gasteiger partial charge in [0.25, 0.3) is 5.91 Å². The van der Waals surface area contributed by atoms with E-state index in [9.17, 15) is 4.79 Å². The molecule has 0 radical (unpaired) electrons. The van der Waals surface area contributed by atoms with E-state index >= 15 is 0 Å². The van der Waals surface area contributed by atoms with E-state index in [2.05, 4.69) is 10.4 Å². The van der Waals surface area contributed by atoms with Crippen LogP contribution in [0.4, 0.5) is 0 Å². The first-order valence-electron chi connectivity index (χ1n) is 6.19. The second-order valence-corrected chi connectivity index (χ2v) is 6.05. The minimum Gasteiger partial charge on any atom is -0.479 e. The fourth-order valence-electron chi connectivity index (χ4n) is 1.86. The van der Waals surface area contributed by atoms with Gasteiger partial charge in [0, 0.05) is 31.8 Å². The van der Waals surface area contributed by atoms with Gasteiger partial charge in [0.1, 0.15) is 11.7 Å². The van der Waals surface area contributed by atoms with Crippen molar-refractivity contribution >= 4 is 28.8 Å². The third kappa shape index (κ3) is 3.75. The summed E-state index contributed by atoms with van der Waals surface area (Å²) < 4.78 is 12.7. The van der Waals surface area contributed by atoms with Crippen LogP contribution in [0.2, 0.25) is 4.34 Å². The monoisotopic (exact) mass is 329 g/mol. The molecule has 114 valence electrons. The van der Waals surface area contributed by atoms with Gasteiger partial charge in [-0.15, -0.1) is 16.4 Å². The maximum atomic E-state index is 12.2. The highest BCUT2D eigenvalue weighted by molar-refractivity contribution is 7.16. The Morgan fingerprint density at radius 3 is 2.86 bits per heavy atom. The molecular weight excluding hydrogens is 314 g/mol. The van der Waals surface area contributed by atoms with E-state index in [1.54, 1.807) is 26.4 Å². The van der Waals surface area contributed by atoms with E-state index in [1.807, 2.05) is 6.07 Å². The summed E-state index contributed by atoms with van der Waals surface area (Å²) >= 11 is 7.34. The number of rotatable bonds is 6. The number of hydrogen-bond acceptors (Lipinski definition) is 5. The summed E-state index contributed by atoms with van der Waals surface area (Å²) in [5.74, 6) is 0.0350. The fraction of sp³-hybridized carbons (Fsp3) is 0.385. The highest BCUT2D eigenvalue weighted by Crippen LogP contribution is 2.28. The molecule has 0 aliphatic heterocycles. The van der Waals surface area contributed by atoms with Gasteiger partial charge in [0.2, 0.25) is 5.88 Å². The number of carbonyl (C=O) groups excluding carboxylic acids is 1. The Balaban J connectivity index is 2.02. The van der Waals surface area contributed by atoms with Gasteiger partial charge >= 0.3 is 0 Å². The number of ether oxygens (including phenoxy) is 2. The van der Waals surface area contributed by atoms with Crippen molar-refractivity contribution in [2.75, 3.05) is 20.8 Å². The minimum atomic E-state index is -0.260. The molecule has 2 aromatic rings. The molecule has 1 atom stereocenters. The topological polar surface area (TPSA) is 65.4 Å². The van der Waals surface area contributed by atoms with Crippen LogP contribution < -0.4 is 10.1 Å². The van der Waals surface area contributed by atoms with Crippen molar-refractivity contribution in [1.29, 1.82) is 0 Å². The van der Waals surface area contributed by atoms with Crippen LogP contribution in [0, 0.1) is 0 Å². The predicted molar refractivity (Wildman–Crippen MR) is 81.2 cm³/mol. The zero-order chi connectivity index (χ0) is 15.4. The zero-order valence-corrected chi connectivity index (χ0v) is 13.5. The molecule has 0 aliphatic rings. The average Bonchev–Trinajstić information content (AvgIpc) is 3.05. The summed E-state index contributed by atoms with van der Waals surface area (Å²) in [5, 5.41) is 6.86. The Labute approximate surface area is 131 Å². The predicted octanol–water partition coefficient (Wildman–Crippen LogP) is 2.26. The lowest BCUT2D eigenvalue weighted by Crippen LogP contribution is -2.28. The summed E-state index contributed by atoms with van der Waals surface area (Å²) in [4.78, 5) is 13.1. The molecule has 1 amide bonds. The van der Waals surface area contributed by atoms with Crippen molar-refractivity contribution in [3.63, 3.8) is 0 Å². The Morgan fingerprint density at radius 1 is 1.52 bits per heavy atom. The van der Waals surface area contributed by atoms with Crippen molar-refractivity contribution in [3.05, 3.63) is 33.1 Å². The number of halogens is 1. The van der Waals surface area contributed by atoms with Crippen LogP contribution in [-0.2, 0) is 11.8 Å². The van der Waals surface area contributed by atoms with Crippen LogP contribution in [-0.4, -0.2) is 36.5 Å². The summed E-state index contributed by atoms with van der Waals surface area (Å²) in [5.41, 5.74) is 0.388. The minimum absolute atomic E-state index is 0.242. The number of methoxy groups -OCH3 is 2. The Hall–Kier alpha value is -1.57. The maximum absolute atomic E-state index is 12.2. The second-order valence-electron chi connectivity index (χ2n) is 4.30. The molecule has 21 heavy (non-hydrogen) atoms. The molecule has 0 bridgehead atoms. The van der Waals surface area contributed by atoms with Crippen LogP contribution in [0.5, 0.6) is 5.88 Å². The number of aryl methyl sites for hydroxylation is 1. The van der Waals surface area contributed by atoms with Gasteiger partial charge in [-0.2, -0.15) is 0 Å². The van der Waals surface area contributed by atoms with Gasteiger partial charge in [0.15, 0.2) is 0 Å². The molecule has 8 heteroatoms. The zero-order valence-electron chi connectivity index (χ0n) is 11.9. The first-order chi connectivity index (χ1) is 10.0. The number of carbonyl (C=O) groups is 1. The molecule has 2 heterocycles. The highest BCUT2D eigenvalue weighted by Gasteiger charge is 2.19. The number of amides is 1. The van der Waals surface area contributed by atoms with Gasteiger partial charge in [-0.25, -0.2) is 0 Å². The van der Waals surface area contributed by atoms with Crippen LogP contribution >= 0.6 is 22.9 Å². The SMILES string of the molecule is COc1nn(C)cc1C(=O)NCC(OC)c1ccc(Cl)s1. The van der Waals surface area contributed by atoms with Crippen LogP contribution in [0.3, 0.4) is 0 Å². The molecule has 1 unspecified atom stereocenters. The summed E-state index contributed by atoms with van der Waals surface area (Å²) in [6.07, 6.45) is 1.37. The maximum Gasteiger partial charge on any atom is 0.258 e. The van der Waals surface area contributed by atoms with Gasteiger partial charge in [-0.05, 0) is 12.1 Å². The molecular formula is C13H16ClN3O3S.